The van der Waals surface area contributed by atoms with E-state index >= 15 is 0 Å². The zero-order chi connectivity index (χ0) is 16.9. The van der Waals surface area contributed by atoms with Crippen LogP contribution in [0.15, 0.2) is 18.2 Å². The topological polar surface area (TPSA) is 64.6 Å². The van der Waals surface area contributed by atoms with E-state index in [1.807, 2.05) is 0 Å². The summed E-state index contributed by atoms with van der Waals surface area (Å²) in [6.07, 6.45) is -0.543. The van der Waals surface area contributed by atoms with Crippen LogP contribution < -0.4 is 10.1 Å². The Hall–Kier alpha value is -2.11. The van der Waals surface area contributed by atoms with E-state index in [1.54, 1.807) is 27.7 Å². The number of hydrogen-bond donors (Lipinski definition) is 1. The molecule has 0 saturated heterocycles. The molecule has 0 radical (unpaired) electrons. The fraction of sp³-hybridized carbons (Fsp3) is 0.500. The van der Waals surface area contributed by atoms with E-state index < -0.39 is 23.6 Å². The summed E-state index contributed by atoms with van der Waals surface area (Å²) >= 11 is 0. The van der Waals surface area contributed by atoms with Gasteiger partial charge < -0.3 is 14.8 Å². The minimum Gasteiger partial charge on any atom is -0.494 e. The number of carbonyl (C=O) groups excluding carboxylic acids is 2. The molecule has 1 rings (SSSR count). The quantitative estimate of drug-likeness (QED) is 0.847. The van der Waals surface area contributed by atoms with Crippen molar-refractivity contribution in [1.29, 1.82) is 0 Å². The molecule has 0 bridgehead atoms. The number of benzene rings is 1. The summed E-state index contributed by atoms with van der Waals surface area (Å²) in [5, 5.41) is 2.57. The van der Waals surface area contributed by atoms with Gasteiger partial charge in [-0.2, -0.15) is 0 Å². The largest absolute Gasteiger partial charge is 0.494 e. The van der Waals surface area contributed by atoms with Crippen molar-refractivity contribution in [3.05, 3.63) is 29.6 Å². The fourth-order valence-corrected chi connectivity index (χ4v) is 1.80. The van der Waals surface area contributed by atoms with Gasteiger partial charge in [0, 0.05) is 18.0 Å². The molecule has 1 aromatic carbocycles. The van der Waals surface area contributed by atoms with Gasteiger partial charge in [-0.05, 0) is 45.9 Å². The SMILES string of the molecule is COc1ccc(C(=O)CC(C)NC(=O)OC(C)(C)C)cc1F. The zero-order valence-electron chi connectivity index (χ0n) is 13.5. The second-order valence-corrected chi connectivity index (χ2v) is 6.02. The molecule has 0 aliphatic carbocycles. The molecule has 0 aliphatic heterocycles. The number of Topliss-reactive ketones (excluding diaryl/α,β-unsaturated/α-hetero) is 1. The van der Waals surface area contributed by atoms with Crippen LogP contribution in [0.25, 0.3) is 0 Å². The first-order valence-corrected chi connectivity index (χ1v) is 6.98. The number of rotatable bonds is 5. The number of alkyl carbamates (subject to hydrolysis) is 1. The molecule has 0 aromatic heterocycles. The van der Waals surface area contributed by atoms with Crippen molar-refractivity contribution in [2.24, 2.45) is 0 Å². The van der Waals surface area contributed by atoms with E-state index in [0.29, 0.717) is 0 Å². The van der Waals surface area contributed by atoms with E-state index in [4.69, 9.17) is 9.47 Å². The van der Waals surface area contributed by atoms with E-state index in [0.717, 1.165) is 6.07 Å². The first-order valence-electron chi connectivity index (χ1n) is 6.98. The first kappa shape index (κ1) is 17.9. The summed E-state index contributed by atoms with van der Waals surface area (Å²) in [6, 6.07) is 3.59. The smallest absolute Gasteiger partial charge is 0.407 e. The fourth-order valence-electron chi connectivity index (χ4n) is 1.80. The molecule has 0 heterocycles. The van der Waals surface area contributed by atoms with E-state index in [2.05, 4.69) is 5.32 Å². The first-order chi connectivity index (χ1) is 10.1. The molecular weight excluding hydrogens is 289 g/mol. The normalized spacial score (nSPS) is 12.5. The molecule has 22 heavy (non-hydrogen) atoms. The monoisotopic (exact) mass is 311 g/mol. The van der Waals surface area contributed by atoms with Gasteiger partial charge in [0.25, 0.3) is 0 Å². The van der Waals surface area contributed by atoms with E-state index in [9.17, 15) is 14.0 Å². The van der Waals surface area contributed by atoms with Crippen molar-refractivity contribution in [3.8, 4) is 5.75 Å². The molecule has 0 saturated carbocycles. The summed E-state index contributed by atoms with van der Waals surface area (Å²) in [4.78, 5) is 23.7. The summed E-state index contributed by atoms with van der Waals surface area (Å²) in [6.45, 7) is 6.94. The van der Waals surface area contributed by atoms with Crippen molar-refractivity contribution in [2.75, 3.05) is 7.11 Å². The van der Waals surface area contributed by atoms with Crippen LogP contribution in [0.4, 0.5) is 9.18 Å². The molecular formula is C16H22FNO4. The van der Waals surface area contributed by atoms with Gasteiger partial charge in [-0.15, -0.1) is 0 Å². The average molecular weight is 311 g/mol. The van der Waals surface area contributed by atoms with Crippen LogP contribution in [0.3, 0.4) is 0 Å². The van der Waals surface area contributed by atoms with Gasteiger partial charge in [-0.25, -0.2) is 9.18 Å². The third-order valence-electron chi connectivity index (χ3n) is 2.73. The Bertz CT molecular complexity index is 552. The molecule has 1 N–H and O–H groups in total. The Balaban J connectivity index is 2.61. The molecule has 1 unspecified atom stereocenters. The number of hydrogen-bond acceptors (Lipinski definition) is 4. The second kappa shape index (κ2) is 7.24. The number of carbonyl (C=O) groups is 2. The Morgan fingerprint density at radius 2 is 1.95 bits per heavy atom. The molecule has 0 fully saturated rings. The van der Waals surface area contributed by atoms with Gasteiger partial charge in [0.05, 0.1) is 7.11 Å². The van der Waals surface area contributed by atoms with Gasteiger partial charge in [-0.3, -0.25) is 4.79 Å². The second-order valence-electron chi connectivity index (χ2n) is 6.02. The summed E-state index contributed by atoms with van der Waals surface area (Å²) in [7, 11) is 1.35. The van der Waals surface area contributed by atoms with Gasteiger partial charge in [0.15, 0.2) is 17.3 Å². The standard InChI is InChI=1S/C16H22FNO4/c1-10(18-15(20)22-16(2,3)4)8-13(19)11-6-7-14(21-5)12(17)9-11/h6-7,9-10H,8H2,1-5H3,(H,18,20). The van der Waals surface area contributed by atoms with Crippen LogP contribution in [0.5, 0.6) is 5.75 Å². The molecule has 0 spiro atoms. The Kier molecular flexibility index (Phi) is 5.91. The molecule has 0 aliphatic rings. The third-order valence-corrected chi connectivity index (χ3v) is 2.73. The predicted octanol–water partition coefficient (Wildman–Crippen LogP) is 3.32. The molecule has 6 heteroatoms. The number of amides is 1. The average Bonchev–Trinajstić information content (AvgIpc) is 2.35. The Morgan fingerprint density at radius 3 is 2.45 bits per heavy atom. The zero-order valence-corrected chi connectivity index (χ0v) is 13.5. The van der Waals surface area contributed by atoms with Crippen molar-refractivity contribution in [1.82, 2.24) is 5.32 Å². The van der Waals surface area contributed by atoms with Crippen molar-refractivity contribution >= 4 is 11.9 Å². The van der Waals surface area contributed by atoms with Crippen molar-refractivity contribution < 1.29 is 23.5 Å². The highest BCUT2D eigenvalue weighted by molar-refractivity contribution is 5.96. The maximum Gasteiger partial charge on any atom is 0.407 e. The lowest BCUT2D eigenvalue weighted by Crippen LogP contribution is -2.38. The maximum absolute atomic E-state index is 13.6. The van der Waals surface area contributed by atoms with Crippen molar-refractivity contribution in [2.45, 2.75) is 45.8 Å². The van der Waals surface area contributed by atoms with Crippen LogP contribution in [-0.4, -0.2) is 30.6 Å². The van der Waals surface area contributed by atoms with Gasteiger partial charge in [0.2, 0.25) is 0 Å². The van der Waals surface area contributed by atoms with Gasteiger partial charge in [0.1, 0.15) is 5.60 Å². The molecule has 5 nitrogen and oxygen atoms in total. The number of ketones is 1. The number of methoxy groups -OCH3 is 1. The lowest BCUT2D eigenvalue weighted by atomic mass is 10.0. The van der Waals surface area contributed by atoms with Crippen molar-refractivity contribution in [3.63, 3.8) is 0 Å². The van der Waals surface area contributed by atoms with Gasteiger partial charge >= 0.3 is 6.09 Å². The highest BCUT2D eigenvalue weighted by Gasteiger charge is 2.19. The Morgan fingerprint density at radius 1 is 1.32 bits per heavy atom. The summed E-state index contributed by atoms with van der Waals surface area (Å²) in [5.74, 6) is -0.789. The third kappa shape index (κ3) is 5.71. The number of nitrogens with one attached hydrogen (secondary N) is 1. The van der Waals surface area contributed by atoms with E-state index in [-0.39, 0.29) is 23.5 Å². The molecule has 1 amide bonds. The van der Waals surface area contributed by atoms with Crippen LogP contribution in [-0.2, 0) is 4.74 Å². The highest BCUT2D eigenvalue weighted by Crippen LogP contribution is 2.19. The highest BCUT2D eigenvalue weighted by atomic mass is 19.1. The predicted molar refractivity (Wildman–Crippen MR) is 80.7 cm³/mol. The summed E-state index contributed by atoms with van der Waals surface area (Å²) < 4.78 is 23.5. The lowest BCUT2D eigenvalue weighted by Gasteiger charge is -2.21. The van der Waals surface area contributed by atoms with Crippen LogP contribution in [0.1, 0.15) is 44.5 Å². The summed E-state index contributed by atoms with van der Waals surface area (Å²) in [5.41, 5.74) is -0.372. The van der Waals surface area contributed by atoms with Crippen LogP contribution in [0, 0.1) is 5.82 Å². The van der Waals surface area contributed by atoms with Gasteiger partial charge in [-0.1, -0.05) is 0 Å². The molecule has 122 valence electrons. The maximum atomic E-state index is 13.6. The number of ether oxygens (including phenoxy) is 2. The van der Waals surface area contributed by atoms with Crippen LogP contribution in [0.2, 0.25) is 0 Å². The van der Waals surface area contributed by atoms with E-state index in [1.165, 1.54) is 19.2 Å². The molecule has 1 atom stereocenters. The van der Waals surface area contributed by atoms with Crippen LogP contribution >= 0.6 is 0 Å². The minimum atomic E-state index is -0.604. The minimum absolute atomic E-state index is 0.0466. The molecule has 1 aromatic rings. The number of halogens is 1. The Labute approximate surface area is 129 Å². The lowest BCUT2D eigenvalue weighted by molar-refractivity contribution is 0.0506.